The monoisotopic (exact) mass is 388 g/mol. The smallest absolute Gasteiger partial charge is 0.343 e. The molecule has 7 nitrogen and oxygen atoms in total. The molecule has 1 aliphatic rings. The first-order valence-electron chi connectivity index (χ1n) is 8.48. The van der Waals surface area contributed by atoms with Crippen molar-refractivity contribution in [3.05, 3.63) is 94.0 Å². The Morgan fingerprint density at radius 2 is 1.38 bits per heavy atom. The minimum absolute atomic E-state index is 0.0224. The highest BCUT2D eigenvalue weighted by Gasteiger charge is 2.30. The molecule has 142 valence electrons. The van der Waals surface area contributed by atoms with E-state index in [4.69, 9.17) is 9.84 Å². The van der Waals surface area contributed by atoms with Crippen LogP contribution in [0.1, 0.15) is 52.6 Å². The molecule has 1 aliphatic carbocycles. The number of ketones is 2. The Morgan fingerprint density at radius 1 is 0.759 bits per heavy atom. The number of esters is 1. The lowest BCUT2D eigenvalue weighted by Crippen LogP contribution is -2.22. The van der Waals surface area contributed by atoms with Gasteiger partial charge in [-0.1, -0.05) is 24.3 Å². The van der Waals surface area contributed by atoms with Crippen LogP contribution >= 0.6 is 0 Å². The van der Waals surface area contributed by atoms with Crippen LogP contribution in [0.5, 0.6) is 11.5 Å². The van der Waals surface area contributed by atoms with Gasteiger partial charge in [0.05, 0.1) is 5.56 Å². The summed E-state index contributed by atoms with van der Waals surface area (Å²) in [6.07, 6.45) is 0. The zero-order chi connectivity index (χ0) is 20.7. The van der Waals surface area contributed by atoms with Gasteiger partial charge < -0.3 is 14.9 Å². The molecule has 0 saturated carbocycles. The van der Waals surface area contributed by atoms with E-state index in [-0.39, 0.29) is 39.6 Å². The number of carbonyl (C=O) groups is 4. The van der Waals surface area contributed by atoms with E-state index in [1.807, 2.05) is 0 Å². The number of phenols is 1. The third-order valence-electron chi connectivity index (χ3n) is 4.57. The quantitative estimate of drug-likeness (QED) is 0.409. The lowest BCUT2D eigenvalue weighted by Gasteiger charge is -2.17. The summed E-state index contributed by atoms with van der Waals surface area (Å²) < 4.78 is 5.16. The predicted molar refractivity (Wildman–Crippen MR) is 99.8 cm³/mol. The molecule has 0 aromatic heterocycles. The zero-order valence-electron chi connectivity index (χ0n) is 14.7. The van der Waals surface area contributed by atoms with Gasteiger partial charge in [-0.05, 0) is 36.4 Å². The van der Waals surface area contributed by atoms with Crippen molar-refractivity contribution in [1.29, 1.82) is 0 Å². The van der Waals surface area contributed by atoms with Crippen LogP contribution < -0.4 is 4.74 Å². The molecule has 3 aromatic rings. The summed E-state index contributed by atoms with van der Waals surface area (Å²) in [5, 5.41) is 18.6. The number of ether oxygens (including phenoxy) is 1. The average Bonchev–Trinajstić information content (AvgIpc) is 2.72. The number of carboxylic acids is 1. The maximum Gasteiger partial charge on any atom is 0.343 e. The molecule has 0 fully saturated rings. The molecule has 2 N–H and O–H groups in total. The van der Waals surface area contributed by atoms with Crippen LogP contribution in [0.25, 0.3) is 0 Å². The molecule has 29 heavy (non-hydrogen) atoms. The second-order valence-electron chi connectivity index (χ2n) is 6.34. The van der Waals surface area contributed by atoms with Crippen molar-refractivity contribution in [2.24, 2.45) is 0 Å². The molecule has 0 heterocycles. The van der Waals surface area contributed by atoms with Crippen LogP contribution in [-0.4, -0.2) is 33.7 Å². The molecule has 0 unspecified atom stereocenters. The Labute approximate surface area is 163 Å². The Morgan fingerprint density at radius 3 is 2.03 bits per heavy atom. The van der Waals surface area contributed by atoms with E-state index in [1.165, 1.54) is 24.3 Å². The standard InChI is InChI=1S/C22H12O7/c23-18-8-6-12(10-17(18)21(26)27)29-22(28)11-5-7-15-16(9-11)20(25)14-4-2-1-3-13(14)19(15)24/h1-10,23H,(H,26,27). The minimum Gasteiger partial charge on any atom is -0.507 e. The highest BCUT2D eigenvalue weighted by atomic mass is 16.5. The molecule has 0 spiro atoms. The van der Waals surface area contributed by atoms with Gasteiger partial charge in [0, 0.05) is 22.3 Å². The van der Waals surface area contributed by atoms with Gasteiger partial charge in [-0.25, -0.2) is 9.59 Å². The fraction of sp³-hybridized carbons (Fsp3) is 0. The second-order valence-corrected chi connectivity index (χ2v) is 6.34. The van der Waals surface area contributed by atoms with Gasteiger partial charge in [0.1, 0.15) is 17.1 Å². The molecule has 0 atom stereocenters. The van der Waals surface area contributed by atoms with Crippen LogP contribution in [-0.2, 0) is 0 Å². The fourth-order valence-electron chi connectivity index (χ4n) is 3.14. The topological polar surface area (TPSA) is 118 Å². The van der Waals surface area contributed by atoms with E-state index < -0.39 is 23.3 Å². The number of rotatable bonds is 3. The Balaban J connectivity index is 1.67. The molecule has 0 bridgehead atoms. The van der Waals surface area contributed by atoms with Gasteiger partial charge in [-0.3, -0.25) is 9.59 Å². The fourth-order valence-corrected chi connectivity index (χ4v) is 3.14. The normalized spacial score (nSPS) is 12.1. The van der Waals surface area contributed by atoms with Gasteiger partial charge in [0.2, 0.25) is 0 Å². The maximum atomic E-state index is 12.7. The maximum absolute atomic E-state index is 12.7. The number of carbonyl (C=O) groups excluding carboxylic acids is 3. The number of aromatic hydroxyl groups is 1. The average molecular weight is 388 g/mol. The number of benzene rings is 3. The van der Waals surface area contributed by atoms with Crippen LogP contribution in [0.2, 0.25) is 0 Å². The van der Waals surface area contributed by atoms with Crippen molar-refractivity contribution >= 4 is 23.5 Å². The van der Waals surface area contributed by atoms with Crippen molar-refractivity contribution in [2.75, 3.05) is 0 Å². The van der Waals surface area contributed by atoms with E-state index in [2.05, 4.69) is 0 Å². The largest absolute Gasteiger partial charge is 0.507 e. The van der Waals surface area contributed by atoms with Gasteiger partial charge in [0.25, 0.3) is 0 Å². The summed E-state index contributed by atoms with van der Waals surface area (Å²) in [7, 11) is 0. The molecular formula is C22H12O7. The summed E-state index contributed by atoms with van der Waals surface area (Å²) in [5.41, 5.74) is 0.473. The molecule has 7 heteroatoms. The lowest BCUT2D eigenvalue weighted by molar-refractivity contribution is 0.0684. The molecule has 0 amide bonds. The first-order valence-corrected chi connectivity index (χ1v) is 8.48. The van der Waals surface area contributed by atoms with Gasteiger partial charge in [-0.2, -0.15) is 0 Å². The first kappa shape index (κ1) is 18.1. The van der Waals surface area contributed by atoms with Gasteiger partial charge in [-0.15, -0.1) is 0 Å². The summed E-state index contributed by atoms with van der Waals surface area (Å²) in [6, 6.07) is 13.8. The van der Waals surface area contributed by atoms with Crippen molar-refractivity contribution in [3.8, 4) is 11.5 Å². The number of carboxylic acid groups (broad SMARTS) is 1. The summed E-state index contributed by atoms with van der Waals surface area (Å²) in [4.78, 5) is 48.9. The van der Waals surface area contributed by atoms with Crippen LogP contribution in [0.4, 0.5) is 0 Å². The van der Waals surface area contributed by atoms with Crippen molar-refractivity contribution in [2.45, 2.75) is 0 Å². The zero-order valence-corrected chi connectivity index (χ0v) is 14.7. The van der Waals surface area contributed by atoms with Crippen LogP contribution in [0, 0.1) is 0 Å². The molecule has 0 radical (unpaired) electrons. The highest BCUT2D eigenvalue weighted by molar-refractivity contribution is 6.28. The van der Waals surface area contributed by atoms with Crippen LogP contribution in [0.3, 0.4) is 0 Å². The van der Waals surface area contributed by atoms with E-state index in [1.54, 1.807) is 24.3 Å². The number of hydrogen-bond acceptors (Lipinski definition) is 6. The molecular weight excluding hydrogens is 376 g/mol. The minimum atomic E-state index is -1.38. The van der Waals surface area contributed by atoms with E-state index in [0.29, 0.717) is 5.56 Å². The predicted octanol–water partition coefficient (Wildman–Crippen LogP) is 3.09. The third kappa shape index (κ3) is 3.04. The van der Waals surface area contributed by atoms with E-state index in [0.717, 1.165) is 12.1 Å². The summed E-state index contributed by atoms with van der Waals surface area (Å²) >= 11 is 0. The Hall–Kier alpha value is -4.26. The van der Waals surface area contributed by atoms with Gasteiger partial charge in [0.15, 0.2) is 11.6 Å². The van der Waals surface area contributed by atoms with E-state index in [9.17, 15) is 24.3 Å². The highest BCUT2D eigenvalue weighted by Crippen LogP contribution is 2.29. The van der Waals surface area contributed by atoms with E-state index >= 15 is 0 Å². The molecule has 0 aliphatic heterocycles. The third-order valence-corrected chi connectivity index (χ3v) is 4.57. The molecule has 4 rings (SSSR count). The number of aromatic carboxylic acids is 1. The Kier molecular flexibility index (Phi) is 4.20. The van der Waals surface area contributed by atoms with Gasteiger partial charge >= 0.3 is 11.9 Å². The van der Waals surface area contributed by atoms with Crippen molar-refractivity contribution in [1.82, 2.24) is 0 Å². The van der Waals surface area contributed by atoms with Crippen LogP contribution in [0.15, 0.2) is 60.7 Å². The number of fused-ring (bicyclic) bond motifs is 2. The molecule has 0 saturated heterocycles. The Bertz CT molecular complexity index is 1220. The lowest BCUT2D eigenvalue weighted by atomic mass is 9.83. The SMILES string of the molecule is O=C(Oc1ccc(O)c(C(=O)O)c1)c1ccc2c(c1)C(=O)c1ccccc1C2=O. The first-order chi connectivity index (χ1) is 13.9. The van der Waals surface area contributed by atoms with Crippen molar-refractivity contribution < 1.29 is 34.1 Å². The summed E-state index contributed by atoms with van der Waals surface area (Å²) in [6.45, 7) is 0. The van der Waals surface area contributed by atoms with Crippen molar-refractivity contribution in [3.63, 3.8) is 0 Å². The molecule has 3 aromatic carbocycles. The number of hydrogen-bond donors (Lipinski definition) is 2. The summed E-state index contributed by atoms with van der Waals surface area (Å²) in [5.74, 6) is -3.45. The second kappa shape index (κ2) is 6.72.